The first-order chi connectivity index (χ1) is 13.3. The van der Waals surface area contributed by atoms with E-state index in [0.29, 0.717) is 24.3 Å². The predicted molar refractivity (Wildman–Crippen MR) is 93.8 cm³/mol. The molecule has 1 unspecified atom stereocenters. The number of carbonyl (C=O) groups is 2. The number of benzene rings is 1. The lowest BCUT2D eigenvalue weighted by Crippen LogP contribution is -2.46. The molecule has 1 spiro atoms. The molecule has 1 N–H and O–H groups in total. The van der Waals surface area contributed by atoms with Gasteiger partial charge in [0, 0.05) is 26.1 Å². The third-order valence-corrected chi connectivity index (χ3v) is 4.88. The van der Waals surface area contributed by atoms with E-state index in [1.807, 2.05) is 0 Å². The third kappa shape index (κ3) is 3.37. The summed E-state index contributed by atoms with van der Waals surface area (Å²) in [6, 6.07) is 7.82. The Morgan fingerprint density at radius 3 is 2.96 bits per heavy atom. The van der Waals surface area contributed by atoms with Crippen LogP contribution in [-0.4, -0.2) is 51.8 Å². The van der Waals surface area contributed by atoms with Crippen molar-refractivity contribution in [3.8, 4) is 11.6 Å². The number of Topliss-reactive ketones (excluding diaryl/α,β-unsaturated/α-hetero) is 1. The molecule has 0 radical (unpaired) electrons. The monoisotopic (exact) mass is 392 g/mol. The maximum absolute atomic E-state index is 12.5. The van der Waals surface area contributed by atoms with Gasteiger partial charge in [-0.25, -0.2) is 9.48 Å². The molecule has 2 aliphatic heterocycles. The maximum atomic E-state index is 12.5. The molecular formula is C18H18F2N4O4. The van der Waals surface area contributed by atoms with Crippen LogP contribution in [-0.2, 0) is 7.05 Å². The number of alkyl halides is 2. The van der Waals surface area contributed by atoms with Gasteiger partial charge in [-0.2, -0.15) is 13.9 Å². The molecule has 2 aliphatic rings. The molecule has 3 heterocycles. The largest absolute Gasteiger partial charge is 0.484 e. The van der Waals surface area contributed by atoms with Crippen molar-refractivity contribution in [3.05, 3.63) is 35.9 Å². The lowest BCUT2D eigenvalue weighted by atomic mass is 9.89. The fourth-order valence-corrected chi connectivity index (χ4v) is 3.59. The maximum Gasteiger partial charge on any atom is 0.388 e. The van der Waals surface area contributed by atoms with Gasteiger partial charge in [0.25, 0.3) is 0 Å². The van der Waals surface area contributed by atoms with Crippen molar-refractivity contribution in [1.82, 2.24) is 14.7 Å². The average Bonchev–Trinajstić information content (AvgIpc) is 3.18. The molecule has 2 amide bonds. The van der Waals surface area contributed by atoms with Gasteiger partial charge in [0.2, 0.25) is 5.88 Å². The molecule has 4 rings (SSSR count). The van der Waals surface area contributed by atoms with Gasteiger partial charge < -0.3 is 14.4 Å². The number of urea groups is 1. The Morgan fingerprint density at radius 2 is 2.18 bits per heavy atom. The number of halogens is 2. The normalized spacial score (nSPS) is 21.0. The van der Waals surface area contributed by atoms with Crippen LogP contribution in [0, 0.1) is 0 Å². The van der Waals surface area contributed by atoms with Crippen molar-refractivity contribution in [2.75, 3.05) is 18.4 Å². The van der Waals surface area contributed by atoms with Crippen molar-refractivity contribution in [3.63, 3.8) is 0 Å². The topological polar surface area (TPSA) is 85.7 Å². The lowest BCUT2D eigenvalue weighted by Gasteiger charge is -2.34. The number of anilines is 1. The molecule has 28 heavy (non-hydrogen) atoms. The number of hydrogen-bond donors (Lipinski definition) is 1. The van der Waals surface area contributed by atoms with Crippen molar-refractivity contribution in [1.29, 1.82) is 0 Å². The summed E-state index contributed by atoms with van der Waals surface area (Å²) in [5.74, 6) is 0.443. The SMILES string of the molecule is Cn1nc(NC(=O)N2CCC3(CC(=O)c4ccccc4O3)C2)cc1OC(F)F. The Balaban J connectivity index is 1.43. The van der Waals surface area contributed by atoms with Crippen molar-refractivity contribution < 1.29 is 27.8 Å². The Hall–Kier alpha value is -3.17. The molecule has 0 saturated carbocycles. The zero-order valence-electron chi connectivity index (χ0n) is 15.0. The molecule has 2 aromatic rings. The standard InChI is InChI=1S/C18H18F2N4O4/c1-23-15(27-16(19)20)8-14(22-23)21-17(26)24-7-6-18(10-24)9-12(25)11-4-2-3-5-13(11)28-18/h2-5,8,16H,6-7,9-10H2,1H3,(H,21,22,26). The second kappa shape index (κ2) is 6.77. The van der Waals surface area contributed by atoms with Gasteiger partial charge in [0.15, 0.2) is 11.6 Å². The van der Waals surface area contributed by atoms with E-state index >= 15 is 0 Å². The van der Waals surface area contributed by atoms with Crippen molar-refractivity contribution >= 4 is 17.6 Å². The van der Waals surface area contributed by atoms with E-state index in [4.69, 9.17) is 4.74 Å². The summed E-state index contributed by atoms with van der Waals surface area (Å²) in [7, 11) is 1.43. The number of aryl methyl sites for hydroxylation is 1. The fourth-order valence-electron chi connectivity index (χ4n) is 3.59. The molecule has 1 atom stereocenters. The minimum absolute atomic E-state index is 0.0115. The molecule has 1 saturated heterocycles. The molecule has 1 aromatic carbocycles. The van der Waals surface area contributed by atoms with Crippen molar-refractivity contribution in [2.24, 2.45) is 7.05 Å². The Kier molecular flexibility index (Phi) is 4.40. The highest BCUT2D eigenvalue weighted by atomic mass is 19.3. The van der Waals surface area contributed by atoms with E-state index in [0.717, 1.165) is 4.68 Å². The molecule has 1 aromatic heterocycles. The number of rotatable bonds is 3. The lowest BCUT2D eigenvalue weighted by molar-refractivity contribution is -0.0553. The first kappa shape index (κ1) is 18.2. The van der Waals surface area contributed by atoms with Gasteiger partial charge in [0.05, 0.1) is 18.5 Å². The van der Waals surface area contributed by atoms with E-state index in [-0.39, 0.29) is 30.4 Å². The molecule has 1 fully saturated rings. The number of aromatic nitrogens is 2. The first-order valence-corrected chi connectivity index (χ1v) is 8.71. The molecule has 8 nitrogen and oxygen atoms in total. The van der Waals surface area contributed by atoms with Gasteiger partial charge in [-0.15, -0.1) is 0 Å². The fraction of sp³-hybridized carbons (Fsp3) is 0.389. The smallest absolute Gasteiger partial charge is 0.388 e. The molecule has 0 aliphatic carbocycles. The number of likely N-dealkylation sites (tertiary alicyclic amines) is 1. The minimum atomic E-state index is -2.98. The molecular weight excluding hydrogens is 374 g/mol. The van der Waals surface area contributed by atoms with Gasteiger partial charge in [-0.05, 0) is 12.1 Å². The number of amides is 2. The summed E-state index contributed by atoms with van der Waals surface area (Å²) in [6.45, 7) is -2.35. The zero-order chi connectivity index (χ0) is 19.9. The summed E-state index contributed by atoms with van der Waals surface area (Å²) in [5, 5.41) is 6.50. The summed E-state index contributed by atoms with van der Waals surface area (Å²) in [6.07, 6.45) is 0.714. The van der Waals surface area contributed by atoms with E-state index in [2.05, 4.69) is 15.2 Å². The summed E-state index contributed by atoms with van der Waals surface area (Å²) >= 11 is 0. The highest BCUT2D eigenvalue weighted by molar-refractivity contribution is 6.00. The summed E-state index contributed by atoms with van der Waals surface area (Å²) in [5.41, 5.74) is -0.201. The number of ketones is 1. The van der Waals surface area contributed by atoms with Crippen LogP contribution < -0.4 is 14.8 Å². The average molecular weight is 392 g/mol. The number of carbonyl (C=O) groups excluding carboxylic acids is 2. The van der Waals surface area contributed by atoms with Crippen molar-refractivity contribution in [2.45, 2.75) is 25.1 Å². The number of nitrogens with one attached hydrogen (secondary N) is 1. The molecule has 148 valence electrons. The Bertz CT molecular complexity index is 932. The van der Waals surface area contributed by atoms with E-state index in [9.17, 15) is 18.4 Å². The quantitative estimate of drug-likeness (QED) is 0.868. The van der Waals surface area contributed by atoms with Crippen LogP contribution in [0.5, 0.6) is 11.6 Å². The summed E-state index contributed by atoms with van der Waals surface area (Å²) in [4.78, 5) is 26.5. The van der Waals surface area contributed by atoms with Crippen LogP contribution in [0.25, 0.3) is 0 Å². The van der Waals surface area contributed by atoms with Crippen LogP contribution in [0.3, 0.4) is 0 Å². The molecule has 10 heteroatoms. The Morgan fingerprint density at radius 1 is 1.39 bits per heavy atom. The number of para-hydroxylation sites is 1. The van der Waals surface area contributed by atoms with Crippen LogP contribution in [0.15, 0.2) is 30.3 Å². The highest BCUT2D eigenvalue weighted by Crippen LogP contribution is 2.38. The number of hydrogen-bond acceptors (Lipinski definition) is 5. The first-order valence-electron chi connectivity index (χ1n) is 8.71. The van der Waals surface area contributed by atoms with Crippen LogP contribution in [0.2, 0.25) is 0 Å². The van der Waals surface area contributed by atoms with Crippen LogP contribution in [0.4, 0.5) is 19.4 Å². The van der Waals surface area contributed by atoms with E-state index in [1.165, 1.54) is 18.0 Å². The van der Waals surface area contributed by atoms with Gasteiger partial charge >= 0.3 is 12.6 Å². The predicted octanol–water partition coefficient (Wildman–Crippen LogP) is 2.66. The summed E-state index contributed by atoms with van der Waals surface area (Å²) < 4.78 is 36.2. The van der Waals surface area contributed by atoms with Gasteiger partial charge in [-0.3, -0.25) is 10.1 Å². The van der Waals surface area contributed by atoms with E-state index < -0.39 is 18.2 Å². The Labute approximate surface area is 159 Å². The number of ether oxygens (including phenoxy) is 2. The number of nitrogens with zero attached hydrogens (tertiary/aromatic N) is 3. The van der Waals surface area contributed by atoms with Gasteiger partial charge in [-0.1, -0.05) is 12.1 Å². The van der Waals surface area contributed by atoms with E-state index in [1.54, 1.807) is 24.3 Å². The van der Waals surface area contributed by atoms with Gasteiger partial charge in [0.1, 0.15) is 11.4 Å². The van der Waals surface area contributed by atoms with Crippen LogP contribution in [0.1, 0.15) is 23.2 Å². The highest BCUT2D eigenvalue weighted by Gasteiger charge is 2.47. The second-order valence-electron chi connectivity index (χ2n) is 6.85. The third-order valence-electron chi connectivity index (χ3n) is 4.88. The minimum Gasteiger partial charge on any atom is -0.484 e. The van der Waals surface area contributed by atoms with Crippen LogP contribution >= 0.6 is 0 Å². The molecule has 0 bridgehead atoms. The zero-order valence-corrected chi connectivity index (χ0v) is 15.0. The second-order valence-corrected chi connectivity index (χ2v) is 6.85. The number of fused-ring (bicyclic) bond motifs is 1.